The number of hydrogen-bond acceptors (Lipinski definition) is 3. The van der Waals surface area contributed by atoms with Gasteiger partial charge in [-0.25, -0.2) is 0 Å². The monoisotopic (exact) mass is 376 g/mol. The van der Waals surface area contributed by atoms with Gasteiger partial charge in [-0.3, -0.25) is 9.89 Å². The topological polar surface area (TPSA) is 39.7 Å². The standard InChI is InChI=1S/C17H27F3N4S/c1-3-21-16(22-9-13(2)15-5-4-8-25-15)23-10-14-6-7-24(11-14)12-17(18,19)20/h4-5,8,13-14H,3,6-7,9-12H2,1-2H3,(H2,21,22,23). The average molecular weight is 376 g/mol. The minimum absolute atomic E-state index is 0.223. The van der Waals surface area contributed by atoms with Crippen molar-refractivity contribution in [3.63, 3.8) is 0 Å². The highest BCUT2D eigenvalue weighted by atomic mass is 32.1. The molecule has 0 radical (unpaired) electrons. The predicted molar refractivity (Wildman–Crippen MR) is 97.3 cm³/mol. The minimum atomic E-state index is -4.11. The van der Waals surface area contributed by atoms with Crippen LogP contribution in [0.2, 0.25) is 0 Å². The van der Waals surface area contributed by atoms with Gasteiger partial charge in [-0.15, -0.1) is 11.3 Å². The van der Waals surface area contributed by atoms with Crippen LogP contribution in [0.3, 0.4) is 0 Å². The second-order valence-electron chi connectivity index (χ2n) is 6.52. The van der Waals surface area contributed by atoms with E-state index in [1.807, 2.05) is 13.0 Å². The molecule has 8 heteroatoms. The number of likely N-dealkylation sites (tertiary alicyclic amines) is 1. The van der Waals surface area contributed by atoms with Crippen molar-refractivity contribution in [3.05, 3.63) is 22.4 Å². The normalized spacial score (nSPS) is 20.7. The van der Waals surface area contributed by atoms with Crippen molar-refractivity contribution in [2.24, 2.45) is 10.9 Å². The lowest BCUT2D eigenvalue weighted by Crippen LogP contribution is -2.41. The fourth-order valence-corrected chi connectivity index (χ4v) is 3.73. The number of aliphatic imine (C=N–C) groups is 1. The fraction of sp³-hybridized carbons (Fsp3) is 0.706. The molecule has 142 valence electrons. The van der Waals surface area contributed by atoms with Crippen LogP contribution in [0.5, 0.6) is 0 Å². The lowest BCUT2D eigenvalue weighted by atomic mass is 10.1. The summed E-state index contributed by atoms with van der Waals surface area (Å²) in [6.07, 6.45) is -3.33. The van der Waals surface area contributed by atoms with Crippen LogP contribution in [0.15, 0.2) is 22.5 Å². The van der Waals surface area contributed by atoms with E-state index >= 15 is 0 Å². The Labute approximate surface area is 151 Å². The van der Waals surface area contributed by atoms with Crippen molar-refractivity contribution < 1.29 is 13.2 Å². The summed E-state index contributed by atoms with van der Waals surface area (Å²) in [5.74, 6) is 1.31. The van der Waals surface area contributed by atoms with Crippen LogP contribution in [0, 0.1) is 5.92 Å². The maximum absolute atomic E-state index is 12.5. The van der Waals surface area contributed by atoms with Crippen molar-refractivity contribution in [2.75, 3.05) is 39.3 Å². The molecule has 25 heavy (non-hydrogen) atoms. The molecule has 1 fully saturated rings. The number of hydrogen-bond donors (Lipinski definition) is 2. The van der Waals surface area contributed by atoms with Crippen molar-refractivity contribution >= 4 is 17.3 Å². The molecular formula is C17H27F3N4S. The zero-order chi connectivity index (χ0) is 18.3. The van der Waals surface area contributed by atoms with E-state index in [1.165, 1.54) is 9.78 Å². The van der Waals surface area contributed by atoms with Gasteiger partial charge in [-0.05, 0) is 37.3 Å². The first-order valence-electron chi connectivity index (χ1n) is 8.72. The molecule has 0 saturated carbocycles. The van der Waals surface area contributed by atoms with Crippen LogP contribution in [-0.4, -0.2) is 56.3 Å². The Hall–Kier alpha value is -1.28. The van der Waals surface area contributed by atoms with E-state index in [2.05, 4.69) is 34.0 Å². The van der Waals surface area contributed by atoms with Gasteiger partial charge in [-0.1, -0.05) is 13.0 Å². The molecule has 1 aromatic heterocycles. The van der Waals surface area contributed by atoms with Crippen LogP contribution >= 0.6 is 11.3 Å². The summed E-state index contributed by atoms with van der Waals surface area (Å²) >= 11 is 1.73. The van der Waals surface area contributed by atoms with Gasteiger partial charge in [0.1, 0.15) is 0 Å². The summed E-state index contributed by atoms with van der Waals surface area (Å²) in [5.41, 5.74) is 0. The number of halogens is 3. The SMILES string of the molecule is CCNC(=NCC(C)c1cccs1)NCC1CCN(CC(F)(F)F)C1. The molecule has 0 aliphatic carbocycles. The molecule has 1 aliphatic rings. The Kier molecular flexibility index (Phi) is 7.56. The number of guanidine groups is 1. The van der Waals surface area contributed by atoms with Crippen LogP contribution in [0.4, 0.5) is 13.2 Å². The van der Waals surface area contributed by atoms with Crippen LogP contribution in [-0.2, 0) is 0 Å². The van der Waals surface area contributed by atoms with E-state index in [9.17, 15) is 13.2 Å². The third-order valence-corrected chi connectivity index (χ3v) is 5.33. The van der Waals surface area contributed by atoms with Gasteiger partial charge in [0.2, 0.25) is 0 Å². The van der Waals surface area contributed by atoms with E-state index < -0.39 is 12.7 Å². The molecule has 0 aromatic carbocycles. The van der Waals surface area contributed by atoms with Crippen LogP contribution in [0.1, 0.15) is 31.1 Å². The lowest BCUT2D eigenvalue weighted by Gasteiger charge is -2.19. The van der Waals surface area contributed by atoms with Gasteiger partial charge in [0, 0.05) is 30.4 Å². The summed E-state index contributed by atoms with van der Waals surface area (Å²) in [6, 6.07) is 4.15. The summed E-state index contributed by atoms with van der Waals surface area (Å²) < 4.78 is 37.4. The van der Waals surface area contributed by atoms with Gasteiger partial charge in [0.15, 0.2) is 5.96 Å². The molecule has 2 heterocycles. The summed E-state index contributed by atoms with van der Waals surface area (Å²) in [6.45, 7) is 6.41. The molecule has 0 bridgehead atoms. The Bertz CT molecular complexity index is 530. The van der Waals surface area contributed by atoms with Crippen molar-refractivity contribution in [2.45, 2.75) is 32.4 Å². The molecule has 1 aromatic rings. The Morgan fingerprint density at radius 2 is 2.24 bits per heavy atom. The number of alkyl halides is 3. The molecule has 2 N–H and O–H groups in total. The lowest BCUT2D eigenvalue weighted by molar-refractivity contribution is -0.143. The highest BCUT2D eigenvalue weighted by Crippen LogP contribution is 2.22. The van der Waals surface area contributed by atoms with Gasteiger partial charge in [-0.2, -0.15) is 13.2 Å². The van der Waals surface area contributed by atoms with E-state index in [-0.39, 0.29) is 5.92 Å². The number of thiophene rings is 1. The summed E-state index contributed by atoms with van der Waals surface area (Å²) in [4.78, 5) is 7.40. The van der Waals surface area contributed by atoms with Crippen molar-refractivity contribution in [1.29, 1.82) is 0 Å². The second-order valence-corrected chi connectivity index (χ2v) is 7.50. The molecule has 1 aliphatic heterocycles. The van der Waals surface area contributed by atoms with E-state index in [4.69, 9.17) is 0 Å². The quantitative estimate of drug-likeness (QED) is 0.567. The number of rotatable bonds is 7. The first-order chi connectivity index (χ1) is 11.9. The minimum Gasteiger partial charge on any atom is -0.357 e. The molecule has 2 rings (SSSR count). The number of nitrogens with one attached hydrogen (secondary N) is 2. The van der Waals surface area contributed by atoms with Crippen LogP contribution in [0.25, 0.3) is 0 Å². The molecule has 0 spiro atoms. The molecule has 4 nitrogen and oxygen atoms in total. The van der Waals surface area contributed by atoms with Gasteiger partial charge in [0.05, 0.1) is 13.1 Å². The maximum atomic E-state index is 12.5. The van der Waals surface area contributed by atoms with Crippen molar-refractivity contribution in [1.82, 2.24) is 15.5 Å². The van der Waals surface area contributed by atoms with E-state index in [1.54, 1.807) is 11.3 Å². The van der Waals surface area contributed by atoms with Crippen molar-refractivity contribution in [3.8, 4) is 0 Å². The van der Waals surface area contributed by atoms with E-state index in [0.717, 1.165) is 18.9 Å². The maximum Gasteiger partial charge on any atom is 0.401 e. The summed E-state index contributed by atoms with van der Waals surface area (Å²) in [5, 5.41) is 8.55. The largest absolute Gasteiger partial charge is 0.401 e. The Balaban J connectivity index is 1.78. The first kappa shape index (κ1) is 20.0. The molecule has 1 saturated heterocycles. The average Bonchev–Trinajstić information content (AvgIpc) is 3.20. The van der Waals surface area contributed by atoms with Gasteiger partial charge < -0.3 is 10.6 Å². The zero-order valence-electron chi connectivity index (χ0n) is 14.8. The third-order valence-electron chi connectivity index (χ3n) is 4.23. The zero-order valence-corrected chi connectivity index (χ0v) is 15.6. The highest BCUT2D eigenvalue weighted by Gasteiger charge is 2.34. The van der Waals surface area contributed by atoms with Gasteiger partial charge in [0.25, 0.3) is 0 Å². The van der Waals surface area contributed by atoms with Crippen LogP contribution < -0.4 is 10.6 Å². The fourth-order valence-electron chi connectivity index (χ4n) is 2.95. The molecule has 0 amide bonds. The molecule has 2 atom stereocenters. The predicted octanol–water partition coefficient (Wildman–Crippen LogP) is 3.29. The first-order valence-corrected chi connectivity index (χ1v) is 9.60. The Morgan fingerprint density at radius 1 is 1.44 bits per heavy atom. The highest BCUT2D eigenvalue weighted by molar-refractivity contribution is 7.10. The van der Waals surface area contributed by atoms with Gasteiger partial charge >= 0.3 is 6.18 Å². The second kappa shape index (κ2) is 9.43. The summed E-state index contributed by atoms with van der Waals surface area (Å²) in [7, 11) is 0. The Morgan fingerprint density at radius 3 is 2.88 bits per heavy atom. The smallest absolute Gasteiger partial charge is 0.357 e. The third kappa shape index (κ3) is 7.23. The van der Waals surface area contributed by atoms with E-state index in [0.29, 0.717) is 32.1 Å². The molecular weight excluding hydrogens is 349 g/mol. The molecule has 2 unspecified atom stereocenters. The number of nitrogens with zero attached hydrogens (tertiary/aromatic N) is 2.